The molecule has 4 heteroatoms. The highest BCUT2D eigenvalue weighted by molar-refractivity contribution is 5.08. The molecule has 0 aliphatic carbocycles. The topological polar surface area (TPSA) is 64.3 Å². The van der Waals surface area contributed by atoms with Gasteiger partial charge in [-0.1, -0.05) is 0 Å². The van der Waals surface area contributed by atoms with Gasteiger partial charge in [0.1, 0.15) is 11.5 Å². The van der Waals surface area contributed by atoms with Gasteiger partial charge < -0.3 is 19.9 Å². The molecule has 4 nitrogen and oxygen atoms in total. The molecule has 2 aromatic heterocycles. The van der Waals surface area contributed by atoms with Gasteiger partial charge in [-0.15, -0.1) is 0 Å². The summed E-state index contributed by atoms with van der Waals surface area (Å²) in [6, 6.07) is 5.76. The third-order valence-electron chi connectivity index (χ3n) is 2.13. The van der Waals surface area contributed by atoms with Crippen LogP contribution in [0.5, 0.6) is 0 Å². The maximum atomic E-state index is 5.44. The third kappa shape index (κ3) is 2.71. The van der Waals surface area contributed by atoms with Gasteiger partial charge in [0.2, 0.25) is 0 Å². The molecule has 0 aliphatic rings. The van der Waals surface area contributed by atoms with E-state index in [0.29, 0.717) is 13.1 Å². The SMILES string of the molecule is NCc1ccc(CNCc2ccoc2)o1. The van der Waals surface area contributed by atoms with Crippen molar-refractivity contribution in [2.45, 2.75) is 19.6 Å². The number of hydrogen-bond acceptors (Lipinski definition) is 4. The summed E-state index contributed by atoms with van der Waals surface area (Å²) in [7, 11) is 0. The molecule has 0 saturated heterocycles. The lowest BCUT2D eigenvalue weighted by Gasteiger charge is -1.99. The van der Waals surface area contributed by atoms with Crippen molar-refractivity contribution in [3.63, 3.8) is 0 Å². The van der Waals surface area contributed by atoms with Crippen molar-refractivity contribution in [3.05, 3.63) is 47.8 Å². The Hall–Kier alpha value is -1.52. The molecule has 0 fully saturated rings. The molecule has 0 saturated carbocycles. The Morgan fingerprint density at radius 1 is 1.13 bits per heavy atom. The van der Waals surface area contributed by atoms with Crippen LogP contribution in [0.25, 0.3) is 0 Å². The molecule has 0 aromatic carbocycles. The quantitative estimate of drug-likeness (QED) is 0.780. The van der Waals surface area contributed by atoms with Gasteiger partial charge in [0.25, 0.3) is 0 Å². The van der Waals surface area contributed by atoms with E-state index >= 15 is 0 Å². The van der Waals surface area contributed by atoms with Gasteiger partial charge in [0, 0.05) is 12.1 Å². The number of nitrogens with one attached hydrogen (secondary N) is 1. The van der Waals surface area contributed by atoms with Crippen LogP contribution >= 0.6 is 0 Å². The summed E-state index contributed by atoms with van der Waals surface area (Å²) in [6.45, 7) is 1.92. The summed E-state index contributed by atoms with van der Waals surface area (Å²) in [5, 5.41) is 3.25. The highest BCUT2D eigenvalue weighted by atomic mass is 16.3. The lowest BCUT2D eigenvalue weighted by molar-refractivity contribution is 0.447. The van der Waals surface area contributed by atoms with Crippen LogP contribution in [0.3, 0.4) is 0 Å². The lowest BCUT2D eigenvalue weighted by Crippen LogP contribution is -2.11. The monoisotopic (exact) mass is 206 g/mol. The third-order valence-corrected chi connectivity index (χ3v) is 2.13. The predicted octanol–water partition coefficient (Wildman–Crippen LogP) is 1.62. The Labute approximate surface area is 88.1 Å². The summed E-state index contributed by atoms with van der Waals surface area (Å²) in [5.41, 5.74) is 6.57. The molecule has 2 rings (SSSR count). The summed E-state index contributed by atoms with van der Waals surface area (Å²) >= 11 is 0. The number of rotatable bonds is 5. The predicted molar refractivity (Wildman–Crippen MR) is 55.9 cm³/mol. The Balaban J connectivity index is 1.78. The first-order valence-corrected chi connectivity index (χ1v) is 4.88. The minimum Gasteiger partial charge on any atom is -0.472 e. The number of furan rings is 2. The van der Waals surface area contributed by atoms with E-state index in [1.54, 1.807) is 12.5 Å². The fourth-order valence-electron chi connectivity index (χ4n) is 1.35. The smallest absolute Gasteiger partial charge is 0.118 e. The molecule has 3 N–H and O–H groups in total. The van der Waals surface area contributed by atoms with E-state index in [1.165, 1.54) is 0 Å². The normalized spacial score (nSPS) is 10.7. The average Bonchev–Trinajstić information content (AvgIpc) is 2.88. The molecule has 0 bridgehead atoms. The minimum absolute atomic E-state index is 0.446. The zero-order valence-corrected chi connectivity index (χ0v) is 8.40. The van der Waals surface area contributed by atoms with Crippen LogP contribution in [0.2, 0.25) is 0 Å². The van der Waals surface area contributed by atoms with Gasteiger partial charge in [-0.3, -0.25) is 0 Å². The van der Waals surface area contributed by atoms with Crippen LogP contribution in [0.15, 0.2) is 39.6 Å². The lowest BCUT2D eigenvalue weighted by atomic mass is 10.3. The van der Waals surface area contributed by atoms with Crippen LogP contribution < -0.4 is 11.1 Å². The molecule has 0 spiro atoms. The van der Waals surface area contributed by atoms with Gasteiger partial charge in [-0.2, -0.15) is 0 Å². The second kappa shape index (κ2) is 4.82. The van der Waals surface area contributed by atoms with Crippen molar-refractivity contribution >= 4 is 0 Å². The molecule has 0 radical (unpaired) electrons. The zero-order chi connectivity index (χ0) is 10.5. The number of nitrogens with two attached hydrogens (primary N) is 1. The Kier molecular flexibility index (Phi) is 3.22. The fourth-order valence-corrected chi connectivity index (χ4v) is 1.35. The van der Waals surface area contributed by atoms with E-state index < -0.39 is 0 Å². The largest absolute Gasteiger partial charge is 0.472 e. The van der Waals surface area contributed by atoms with Gasteiger partial charge in [-0.25, -0.2) is 0 Å². The van der Waals surface area contributed by atoms with Crippen molar-refractivity contribution in [3.8, 4) is 0 Å². The standard InChI is InChI=1S/C11H14N2O2/c12-5-10-1-2-11(15-10)7-13-6-9-3-4-14-8-9/h1-4,8,13H,5-7,12H2. The second-order valence-electron chi connectivity index (χ2n) is 3.31. The first-order chi connectivity index (χ1) is 7.38. The van der Waals surface area contributed by atoms with Gasteiger partial charge in [0.05, 0.1) is 25.6 Å². The van der Waals surface area contributed by atoms with E-state index in [4.69, 9.17) is 14.6 Å². The van der Waals surface area contributed by atoms with Crippen LogP contribution in [-0.2, 0) is 19.6 Å². The van der Waals surface area contributed by atoms with Gasteiger partial charge >= 0.3 is 0 Å². The highest BCUT2D eigenvalue weighted by Crippen LogP contribution is 2.07. The van der Waals surface area contributed by atoms with Crippen molar-refractivity contribution in [1.29, 1.82) is 0 Å². The molecule has 0 unspecified atom stereocenters. The Morgan fingerprint density at radius 2 is 2.00 bits per heavy atom. The van der Waals surface area contributed by atoms with Crippen LogP contribution in [-0.4, -0.2) is 0 Å². The molecular weight excluding hydrogens is 192 g/mol. The minimum atomic E-state index is 0.446. The molecule has 80 valence electrons. The first-order valence-electron chi connectivity index (χ1n) is 4.88. The highest BCUT2D eigenvalue weighted by Gasteiger charge is 2.00. The number of hydrogen-bond donors (Lipinski definition) is 2. The second-order valence-corrected chi connectivity index (χ2v) is 3.31. The average molecular weight is 206 g/mol. The van der Waals surface area contributed by atoms with Crippen molar-refractivity contribution < 1.29 is 8.83 Å². The van der Waals surface area contributed by atoms with Crippen molar-refractivity contribution in [1.82, 2.24) is 5.32 Å². The summed E-state index contributed by atoms with van der Waals surface area (Å²) in [6.07, 6.45) is 3.39. The fraction of sp³-hybridized carbons (Fsp3) is 0.273. The van der Waals surface area contributed by atoms with E-state index in [-0.39, 0.29) is 0 Å². The Morgan fingerprint density at radius 3 is 2.67 bits per heavy atom. The van der Waals surface area contributed by atoms with Crippen molar-refractivity contribution in [2.75, 3.05) is 0 Å². The van der Waals surface area contributed by atoms with Gasteiger partial charge in [0.15, 0.2) is 0 Å². The van der Waals surface area contributed by atoms with Gasteiger partial charge in [-0.05, 0) is 18.2 Å². The van der Waals surface area contributed by atoms with E-state index in [1.807, 2.05) is 18.2 Å². The van der Waals surface area contributed by atoms with Crippen molar-refractivity contribution in [2.24, 2.45) is 5.73 Å². The molecular formula is C11H14N2O2. The Bertz CT molecular complexity index is 392. The molecule has 2 heterocycles. The van der Waals surface area contributed by atoms with Crippen LogP contribution in [0.4, 0.5) is 0 Å². The van der Waals surface area contributed by atoms with E-state index in [0.717, 1.165) is 23.6 Å². The molecule has 0 aliphatic heterocycles. The van der Waals surface area contributed by atoms with Crippen LogP contribution in [0, 0.1) is 0 Å². The van der Waals surface area contributed by atoms with Crippen LogP contribution in [0.1, 0.15) is 17.1 Å². The van der Waals surface area contributed by atoms with E-state index in [9.17, 15) is 0 Å². The molecule has 0 atom stereocenters. The maximum absolute atomic E-state index is 5.44. The first kappa shape index (κ1) is 10.0. The van der Waals surface area contributed by atoms with E-state index in [2.05, 4.69) is 5.32 Å². The maximum Gasteiger partial charge on any atom is 0.118 e. The molecule has 0 amide bonds. The molecule has 15 heavy (non-hydrogen) atoms. The molecule has 2 aromatic rings. The zero-order valence-electron chi connectivity index (χ0n) is 8.40. The summed E-state index contributed by atoms with van der Waals surface area (Å²) in [4.78, 5) is 0. The summed E-state index contributed by atoms with van der Waals surface area (Å²) < 4.78 is 10.4. The summed E-state index contributed by atoms with van der Waals surface area (Å²) in [5.74, 6) is 1.72.